The highest BCUT2D eigenvalue weighted by molar-refractivity contribution is 7.89. The minimum Gasteiger partial charge on any atom is -0.271 e. The normalized spacial score (nSPS) is 12.2. The summed E-state index contributed by atoms with van der Waals surface area (Å²) < 4.78 is 26.5. The first-order valence-electron chi connectivity index (χ1n) is 9.01. The molecule has 28 heavy (non-hydrogen) atoms. The van der Waals surface area contributed by atoms with E-state index in [1.54, 1.807) is 13.8 Å². The topological polar surface area (TPSA) is 105 Å². The largest absolute Gasteiger partial charge is 0.295 e. The molecule has 0 aromatic heterocycles. The molecule has 2 aromatic carbocycles. The number of nitrogens with zero attached hydrogens (tertiary/aromatic N) is 3. The van der Waals surface area contributed by atoms with Gasteiger partial charge in [0.1, 0.15) is 5.69 Å². The van der Waals surface area contributed by atoms with Crippen LogP contribution in [0.5, 0.6) is 0 Å². The van der Waals surface area contributed by atoms with Crippen LogP contribution in [0, 0.1) is 10.1 Å². The maximum Gasteiger partial charge on any atom is 0.295 e. The van der Waals surface area contributed by atoms with Gasteiger partial charge >= 0.3 is 0 Å². The zero-order valence-corrected chi connectivity index (χ0v) is 16.9. The van der Waals surface area contributed by atoms with Crippen molar-refractivity contribution >= 4 is 27.1 Å². The van der Waals surface area contributed by atoms with Crippen LogP contribution in [0.25, 0.3) is 0 Å². The van der Waals surface area contributed by atoms with E-state index in [1.807, 2.05) is 37.3 Å². The fraction of sp³-hybridized carbons (Fsp3) is 0.316. The minimum absolute atomic E-state index is 0.115. The first-order valence-corrected chi connectivity index (χ1v) is 10.5. The molecular weight excluding hydrogens is 380 g/mol. The Hall–Kier alpha value is -2.78. The number of nitro groups is 1. The molecule has 1 N–H and O–H groups in total. The Balaban J connectivity index is 2.41. The van der Waals surface area contributed by atoms with E-state index in [1.165, 1.54) is 16.4 Å². The van der Waals surface area contributed by atoms with Crippen LogP contribution in [0.2, 0.25) is 0 Å². The molecule has 0 saturated heterocycles. The van der Waals surface area contributed by atoms with E-state index < -0.39 is 14.9 Å². The Morgan fingerprint density at radius 1 is 1.11 bits per heavy atom. The Kier molecular flexibility index (Phi) is 7.24. The number of nitro benzene ring substituents is 1. The van der Waals surface area contributed by atoms with E-state index in [0.717, 1.165) is 17.3 Å². The lowest BCUT2D eigenvalue weighted by Gasteiger charge is -2.18. The lowest BCUT2D eigenvalue weighted by atomic mass is 10.1. The third-order valence-corrected chi connectivity index (χ3v) is 6.31. The van der Waals surface area contributed by atoms with Gasteiger partial charge in [-0.15, -0.1) is 0 Å². The number of hydrogen-bond donors (Lipinski definition) is 1. The van der Waals surface area contributed by atoms with Crippen LogP contribution < -0.4 is 5.43 Å². The van der Waals surface area contributed by atoms with E-state index in [9.17, 15) is 18.5 Å². The van der Waals surface area contributed by atoms with Crippen molar-refractivity contribution < 1.29 is 13.3 Å². The van der Waals surface area contributed by atoms with Crippen molar-refractivity contribution in [3.05, 3.63) is 64.2 Å². The highest BCUT2D eigenvalue weighted by Gasteiger charge is 2.25. The van der Waals surface area contributed by atoms with Crippen molar-refractivity contribution in [2.24, 2.45) is 5.10 Å². The zero-order chi connectivity index (χ0) is 20.7. The fourth-order valence-corrected chi connectivity index (χ4v) is 4.21. The molecule has 2 aromatic rings. The van der Waals surface area contributed by atoms with Crippen LogP contribution in [-0.4, -0.2) is 36.4 Å². The molecule has 0 heterocycles. The van der Waals surface area contributed by atoms with Crippen molar-refractivity contribution in [1.82, 2.24) is 4.31 Å². The summed E-state index contributed by atoms with van der Waals surface area (Å²) in [4.78, 5) is 10.8. The van der Waals surface area contributed by atoms with Gasteiger partial charge in [-0.25, -0.2) is 8.42 Å². The summed E-state index contributed by atoms with van der Waals surface area (Å²) in [6.45, 7) is 5.94. The van der Waals surface area contributed by atoms with Gasteiger partial charge in [-0.3, -0.25) is 15.5 Å². The molecule has 0 atom stereocenters. The van der Waals surface area contributed by atoms with E-state index in [0.29, 0.717) is 6.42 Å². The summed E-state index contributed by atoms with van der Waals surface area (Å²) in [6, 6.07) is 13.3. The van der Waals surface area contributed by atoms with E-state index >= 15 is 0 Å². The predicted molar refractivity (Wildman–Crippen MR) is 110 cm³/mol. The van der Waals surface area contributed by atoms with Crippen LogP contribution in [-0.2, 0) is 10.0 Å². The number of hydrazone groups is 1. The molecule has 0 saturated carbocycles. The molecular formula is C19H24N4O4S. The number of hydrogen-bond acceptors (Lipinski definition) is 6. The molecule has 0 aliphatic carbocycles. The van der Waals surface area contributed by atoms with Crippen molar-refractivity contribution in [1.29, 1.82) is 0 Å². The average Bonchev–Trinajstić information content (AvgIpc) is 2.69. The molecule has 0 radical (unpaired) electrons. The summed E-state index contributed by atoms with van der Waals surface area (Å²) in [5.41, 5.74) is 4.14. The van der Waals surface area contributed by atoms with Crippen LogP contribution >= 0.6 is 0 Å². The average molecular weight is 404 g/mol. The smallest absolute Gasteiger partial charge is 0.271 e. The number of nitrogens with one attached hydrogen (secondary N) is 1. The molecule has 0 aliphatic rings. The van der Waals surface area contributed by atoms with Crippen molar-refractivity contribution in [3.63, 3.8) is 0 Å². The number of rotatable bonds is 9. The third-order valence-electron chi connectivity index (χ3n) is 4.26. The molecule has 0 unspecified atom stereocenters. The third kappa shape index (κ3) is 4.73. The van der Waals surface area contributed by atoms with Gasteiger partial charge < -0.3 is 0 Å². The molecule has 2 rings (SSSR count). The van der Waals surface area contributed by atoms with Crippen LogP contribution in [0.3, 0.4) is 0 Å². The molecule has 9 heteroatoms. The molecule has 0 aliphatic heterocycles. The van der Waals surface area contributed by atoms with Crippen LogP contribution in [0.1, 0.15) is 32.8 Å². The van der Waals surface area contributed by atoms with Gasteiger partial charge in [-0.05, 0) is 24.1 Å². The van der Waals surface area contributed by atoms with E-state index in [-0.39, 0.29) is 29.4 Å². The van der Waals surface area contributed by atoms with Gasteiger partial charge in [0.25, 0.3) is 5.69 Å². The standard InChI is InChI=1S/C19H24N4O4S/c1-4-17(15-10-8-7-9-11-15)20-21-18-13-12-16(14-19(18)23(24)25)28(26,27)22(5-2)6-3/h7-14,21H,4-6H2,1-3H3/b20-17+. The van der Waals surface area contributed by atoms with E-state index in [2.05, 4.69) is 10.5 Å². The first kappa shape index (κ1) is 21.5. The van der Waals surface area contributed by atoms with Gasteiger partial charge in [0.05, 0.1) is 15.5 Å². The first-order chi connectivity index (χ1) is 13.3. The van der Waals surface area contributed by atoms with Crippen molar-refractivity contribution in [2.75, 3.05) is 18.5 Å². The van der Waals surface area contributed by atoms with Gasteiger partial charge in [-0.2, -0.15) is 9.41 Å². The Labute approximate surface area is 165 Å². The SMILES string of the molecule is CC/C(=N\Nc1ccc(S(=O)(=O)N(CC)CC)cc1[N+](=O)[O-])c1ccccc1. The van der Waals surface area contributed by atoms with Crippen LogP contribution in [0.15, 0.2) is 58.5 Å². The molecule has 150 valence electrons. The van der Waals surface area contributed by atoms with Crippen molar-refractivity contribution in [2.45, 2.75) is 32.1 Å². The minimum atomic E-state index is -3.79. The summed E-state index contributed by atoms with van der Waals surface area (Å²) >= 11 is 0. The second kappa shape index (κ2) is 9.43. The second-order valence-electron chi connectivity index (χ2n) is 5.92. The number of anilines is 1. The molecule has 8 nitrogen and oxygen atoms in total. The monoisotopic (exact) mass is 404 g/mol. The predicted octanol–water partition coefficient (Wildman–Crippen LogP) is 3.85. The Morgan fingerprint density at radius 2 is 1.75 bits per heavy atom. The number of benzene rings is 2. The van der Waals surface area contributed by atoms with Gasteiger partial charge in [-0.1, -0.05) is 51.1 Å². The molecule has 0 fully saturated rings. The second-order valence-corrected chi connectivity index (χ2v) is 7.85. The molecule has 0 amide bonds. The maximum absolute atomic E-state index is 12.6. The van der Waals surface area contributed by atoms with Gasteiger partial charge in [0, 0.05) is 19.2 Å². The summed E-state index contributed by atoms with van der Waals surface area (Å²) in [5, 5.41) is 15.8. The fourth-order valence-electron chi connectivity index (χ4n) is 2.74. The maximum atomic E-state index is 12.6. The van der Waals surface area contributed by atoms with Gasteiger partial charge in [0.15, 0.2) is 0 Å². The van der Waals surface area contributed by atoms with Gasteiger partial charge in [0.2, 0.25) is 10.0 Å². The Morgan fingerprint density at radius 3 is 2.29 bits per heavy atom. The Bertz CT molecular complexity index is 955. The lowest BCUT2D eigenvalue weighted by Crippen LogP contribution is -2.30. The van der Waals surface area contributed by atoms with E-state index in [4.69, 9.17) is 0 Å². The summed E-state index contributed by atoms with van der Waals surface area (Å²) in [5.74, 6) is 0. The summed E-state index contributed by atoms with van der Waals surface area (Å²) in [7, 11) is -3.79. The molecule has 0 bridgehead atoms. The highest BCUT2D eigenvalue weighted by Crippen LogP contribution is 2.29. The highest BCUT2D eigenvalue weighted by atomic mass is 32.2. The summed E-state index contributed by atoms with van der Waals surface area (Å²) in [6.07, 6.45) is 0.624. The number of sulfonamides is 1. The lowest BCUT2D eigenvalue weighted by molar-refractivity contribution is -0.384. The zero-order valence-electron chi connectivity index (χ0n) is 16.1. The molecule has 0 spiro atoms. The van der Waals surface area contributed by atoms with Crippen molar-refractivity contribution in [3.8, 4) is 0 Å². The quantitative estimate of drug-likeness (QED) is 0.388. The van der Waals surface area contributed by atoms with Crippen LogP contribution in [0.4, 0.5) is 11.4 Å².